The van der Waals surface area contributed by atoms with Gasteiger partial charge >= 0.3 is 8.60 Å². The molecule has 152 valence electrons. The Hall–Kier alpha value is -2.50. The molecule has 3 aromatic carbocycles. The maximum absolute atomic E-state index is 12.8. The number of benzene rings is 3. The van der Waals surface area contributed by atoms with Gasteiger partial charge in [-0.15, -0.1) is 0 Å². The largest absolute Gasteiger partial charge is 0.497 e. The van der Waals surface area contributed by atoms with Crippen molar-refractivity contribution in [1.29, 1.82) is 0 Å². The van der Waals surface area contributed by atoms with Gasteiger partial charge in [-0.3, -0.25) is 4.79 Å². The third-order valence-electron chi connectivity index (χ3n) is 4.60. The number of ether oxygens (including phenoxy) is 1. The third kappa shape index (κ3) is 5.99. The first-order valence-electron chi connectivity index (χ1n) is 9.19. The molecule has 0 saturated carbocycles. The van der Waals surface area contributed by atoms with Crippen LogP contribution in [0.2, 0.25) is 0 Å². The van der Waals surface area contributed by atoms with E-state index in [1.54, 1.807) is 13.2 Å². The van der Waals surface area contributed by atoms with Gasteiger partial charge in [0.2, 0.25) is 0 Å². The highest BCUT2D eigenvalue weighted by molar-refractivity contribution is 7.39. The second-order valence-corrected chi connectivity index (χ2v) is 7.60. The Morgan fingerprint density at radius 2 is 1.83 bits per heavy atom. The fourth-order valence-electron chi connectivity index (χ4n) is 3.19. The van der Waals surface area contributed by atoms with Crippen molar-refractivity contribution in [3.05, 3.63) is 77.4 Å². The summed E-state index contributed by atoms with van der Waals surface area (Å²) in [5, 5.41) is 4.85. The van der Waals surface area contributed by atoms with Crippen LogP contribution in [-0.4, -0.2) is 35.5 Å². The molecule has 29 heavy (non-hydrogen) atoms. The number of aryl methyl sites for hydroxylation is 1. The fourth-order valence-corrected chi connectivity index (χ4v) is 3.51. The summed E-state index contributed by atoms with van der Waals surface area (Å²) in [6.07, 6.45) is 0.515. The number of hydrogen-bond donors (Lipinski definition) is 3. The summed E-state index contributed by atoms with van der Waals surface area (Å²) in [5.41, 5.74) is 2.67. The zero-order valence-electron chi connectivity index (χ0n) is 16.3. The van der Waals surface area contributed by atoms with E-state index in [-0.39, 0.29) is 12.5 Å². The van der Waals surface area contributed by atoms with Crippen molar-refractivity contribution in [3.63, 3.8) is 0 Å². The monoisotopic (exact) mass is 413 g/mol. The van der Waals surface area contributed by atoms with Gasteiger partial charge in [0, 0.05) is 5.56 Å². The van der Waals surface area contributed by atoms with Crippen LogP contribution in [0.1, 0.15) is 21.5 Å². The molecule has 0 aliphatic carbocycles. The van der Waals surface area contributed by atoms with Gasteiger partial charge in [-0.2, -0.15) is 0 Å². The van der Waals surface area contributed by atoms with Crippen LogP contribution in [-0.2, 0) is 10.9 Å². The van der Waals surface area contributed by atoms with Crippen molar-refractivity contribution in [2.45, 2.75) is 19.4 Å². The normalized spacial score (nSPS) is 12.2. The van der Waals surface area contributed by atoms with Gasteiger partial charge in [-0.1, -0.05) is 42.0 Å². The zero-order valence-corrected chi connectivity index (χ0v) is 17.2. The van der Waals surface area contributed by atoms with Crippen molar-refractivity contribution in [2.24, 2.45) is 0 Å². The third-order valence-corrected chi connectivity index (χ3v) is 4.98. The Labute approximate surface area is 171 Å². The van der Waals surface area contributed by atoms with Crippen LogP contribution in [0.5, 0.6) is 5.75 Å². The van der Waals surface area contributed by atoms with Crippen LogP contribution in [0.25, 0.3) is 10.8 Å². The van der Waals surface area contributed by atoms with Gasteiger partial charge in [-0.25, -0.2) is 0 Å². The Morgan fingerprint density at radius 3 is 2.55 bits per heavy atom. The summed E-state index contributed by atoms with van der Waals surface area (Å²) >= 11 is 0. The number of fused-ring (bicyclic) bond motifs is 1. The van der Waals surface area contributed by atoms with E-state index >= 15 is 0 Å². The van der Waals surface area contributed by atoms with Crippen molar-refractivity contribution >= 4 is 25.3 Å². The highest BCUT2D eigenvalue weighted by Gasteiger charge is 2.17. The molecule has 3 aromatic rings. The lowest BCUT2D eigenvalue weighted by atomic mass is 10.0. The number of methoxy groups -OCH3 is 1. The minimum atomic E-state index is -2.48. The lowest BCUT2D eigenvalue weighted by molar-refractivity contribution is 0.0917. The second-order valence-electron chi connectivity index (χ2n) is 6.84. The van der Waals surface area contributed by atoms with Crippen molar-refractivity contribution < 1.29 is 23.8 Å². The van der Waals surface area contributed by atoms with E-state index in [1.165, 1.54) is 0 Å². The molecule has 0 aliphatic rings. The predicted octanol–water partition coefficient (Wildman–Crippen LogP) is 3.73. The standard InChI is InChI=1S/C22H24NO5P/c1-15-4-3-5-16(10-15)11-20(14-28-29(25)26)23-22(24)19-7-6-18-13-21(27-2)9-8-17(18)12-19/h3-10,12-13,20,25-26H,11,14H2,1-2H3,(H,23,24). The summed E-state index contributed by atoms with van der Waals surface area (Å²) in [4.78, 5) is 31.0. The van der Waals surface area contributed by atoms with Gasteiger partial charge in [-0.05, 0) is 53.9 Å². The summed E-state index contributed by atoms with van der Waals surface area (Å²) in [6, 6.07) is 18.7. The van der Waals surface area contributed by atoms with Crippen LogP contribution in [0.4, 0.5) is 0 Å². The van der Waals surface area contributed by atoms with Gasteiger partial charge in [0.1, 0.15) is 5.75 Å². The average molecular weight is 413 g/mol. The Bertz CT molecular complexity index is 992. The SMILES string of the molecule is COc1ccc2cc(C(=O)NC(COP(O)O)Cc3cccc(C)c3)ccc2c1. The van der Waals surface area contributed by atoms with E-state index in [0.29, 0.717) is 12.0 Å². The van der Waals surface area contributed by atoms with Crippen LogP contribution in [0.15, 0.2) is 60.7 Å². The number of amides is 1. The molecule has 0 bridgehead atoms. The molecule has 0 heterocycles. The molecule has 0 saturated heterocycles. The molecule has 0 radical (unpaired) electrons. The minimum absolute atomic E-state index is 0.00314. The highest BCUT2D eigenvalue weighted by atomic mass is 31.2. The second kappa shape index (κ2) is 9.81. The summed E-state index contributed by atoms with van der Waals surface area (Å²) < 4.78 is 10.2. The van der Waals surface area contributed by atoms with Crippen LogP contribution < -0.4 is 10.1 Å². The van der Waals surface area contributed by atoms with Crippen molar-refractivity contribution in [2.75, 3.05) is 13.7 Å². The van der Waals surface area contributed by atoms with E-state index in [4.69, 9.17) is 19.0 Å². The fraction of sp³-hybridized carbons (Fsp3) is 0.227. The smallest absolute Gasteiger partial charge is 0.327 e. The first kappa shape index (κ1) is 21.2. The quantitative estimate of drug-likeness (QED) is 0.490. The van der Waals surface area contributed by atoms with Crippen LogP contribution in [0, 0.1) is 6.92 Å². The minimum Gasteiger partial charge on any atom is -0.497 e. The molecular formula is C22H24NO5P. The molecule has 0 fully saturated rings. The van der Waals surface area contributed by atoms with E-state index < -0.39 is 14.6 Å². The summed E-state index contributed by atoms with van der Waals surface area (Å²) in [7, 11) is -0.870. The number of carbonyl (C=O) groups excluding carboxylic acids is 1. The molecule has 0 spiro atoms. The molecule has 0 aromatic heterocycles. The highest BCUT2D eigenvalue weighted by Crippen LogP contribution is 2.25. The number of hydrogen-bond acceptors (Lipinski definition) is 5. The molecule has 1 amide bonds. The van der Waals surface area contributed by atoms with E-state index in [0.717, 1.165) is 27.6 Å². The lowest BCUT2D eigenvalue weighted by Crippen LogP contribution is -2.39. The van der Waals surface area contributed by atoms with E-state index in [1.807, 2.05) is 61.5 Å². The molecule has 1 unspecified atom stereocenters. The van der Waals surface area contributed by atoms with Gasteiger partial charge in [0.05, 0.1) is 19.8 Å². The Morgan fingerprint density at radius 1 is 1.07 bits per heavy atom. The number of carbonyl (C=O) groups is 1. The summed E-state index contributed by atoms with van der Waals surface area (Å²) in [6.45, 7) is 2.00. The molecule has 6 nitrogen and oxygen atoms in total. The zero-order chi connectivity index (χ0) is 20.8. The number of nitrogens with one attached hydrogen (secondary N) is 1. The van der Waals surface area contributed by atoms with Gasteiger partial charge in [0.15, 0.2) is 0 Å². The van der Waals surface area contributed by atoms with Gasteiger partial charge in [0.25, 0.3) is 5.91 Å². The first-order valence-corrected chi connectivity index (χ1v) is 10.4. The van der Waals surface area contributed by atoms with Gasteiger partial charge < -0.3 is 24.4 Å². The average Bonchev–Trinajstić information content (AvgIpc) is 2.71. The Kier molecular flexibility index (Phi) is 7.18. The number of rotatable bonds is 8. The molecule has 0 aliphatic heterocycles. The predicted molar refractivity (Wildman–Crippen MR) is 114 cm³/mol. The Balaban J connectivity index is 1.76. The maximum Gasteiger partial charge on any atom is 0.327 e. The van der Waals surface area contributed by atoms with E-state index in [2.05, 4.69) is 5.32 Å². The lowest BCUT2D eigenvalue weighted by Gasteiger charge is -2.19. The van der Waals surface area contributed by atoms with Crippen molar-refractivity contribution in [3.8, 4) is 5.75 Å². The van der Waals surface area contributed by atoms with Crippen molar-refractivity contribution in [1.82, 2.24) is 5.32 Å². The van der Waals surface area contributed by atoms with Crippen LogP contribution >= 0.6 is 8.60 Å². The molecule has 7 heteroatoms. The first-order chi connectivity index (χ1) is 13.9. The maximum atomic E-state index is 12.8. The topological polar surface area (TPSA) is 88.0 Å². The summed E-state index contributed by atoms with van der Waals surface area (Å²) in [5.74, 6) is 0.513. The molecule has 1 atom stereocenters. The van der Waals surface area contributed by atoms with E-state index in [9.17, 15) is 4.79 Å². The van der Waals surface area contributed by atoms with Crippen LogP contribution in [0.3, 0.4) is 0 Å². The molecule has 3 rings (SSSR count). The molecule has 3 N–H and O–H groups in total. The molecular weight excluding hydrogens is 389 g/mol.